The van der Waals surface area contributed by atoms with Crippen molar-refractivity contribution in [2.75, 3.05) is 75.6 Å². The highest BCUT2D eigenvalue weighted by Crippen LogP contribution is 2.26. The summed E-state index contributed by atoms with van der Waals surface area (Å²) in [6, 6.07) is -12.5. The number of halogens is 1. The summed E-state index contributed by atoms with van der Waals surface area (Å²) in [6.07, 6.45) is 14.8. The van der Waals surface area contributed by atoms with E-state index in [0.717, 1.165) is 34.0 Å². The molecule has 25 nitrogen and oxygen atoms in total. The number of likely N-dealkylation sites (N-methyl/N-ethyl adjacent to an activating group) is 7. The number of carbonyl (C=O) groups excluding carboxylic acids is 11. The topological polar surface area (TPSA) is 291 Å². The number of rotatable bonds is 21. The predicted molar refractivity (Wildman–Crippen MR) is 396 cm³/mol. The Hall–Kier alpha value is -8.00. The molecule has 3 unspecified atom stereocenters. The van der Waals surface area contributed by atoms with Crippen LogP contribution in [-0.4, -0.2) is 257 Å². The minimum absolute atomic E-state index is 0.00979. The summed E-state index contributed by atoms with van der Waals surface area (Å²) in [5.41, 5.74) is -0.204. The van der Waals surface area contributed by atoms with E-state index in [9.17, 15) is 38.7 Å². The second-order valence-corrected chi connectivity index (χ2v) is 29.1. The van der Waals surface area contributed by atoms with E-state index in [0.29, 0.717) is 24.2 Å². The molecule has 0 aromatic heterocycles. The van der Waals surface area contributed by atoms with Gasteiger partial charge in [0.25, 0.3) is 0 Å². The van der Waals surface area contributed by atoms with Gasteiger partial charge in [-0.15, -0.1) is 0 Å². The maximum Gasteiger partial charge on any atom is 0.248 e. The predicted octanol–water partition coefficient (Wildman–Crippen LogP) is 5.79. The Morgan fingerprint density at radius 1 is 0.584 bits per heavy atom. The van der Waals surface area contributed by atoms with E-state index in [4.69, 9.17) is 16.3 Å². The van der Waals surface area contributed by atoms with Crippen molar-refractivity contribution in [2.45, 2.75) is 206 Å². The van der Waals surface area contributed by atoms with Crippen molar-refractivity contribution < 1.29 is 62.6 Å². The van der Waals surface area contributed by atoms with Gasteiger partial charge in [-0.25, -0.2) is 0 Å². The Morgan fingerprint density at radius 3 is 1.66 bits per heavy atom. The first-order valence-corrected chi connectivity index (χ1v) is 35.1. The van der Waals surface area contributed by atoms with E-state index in [1.54, 1.807) is 98.0 Å². The fourth-order valence-electron chi connectivity index (χ4n) is 11.8. The Balaban J connectivity index is 3.17. The minimum Gasteiger partial charge on any atom is -0.391 e. The molecule has 0 saturated carbocycles. The molecule has 0 bridgehead atoms. The number of hydrogen-bond donors (Lipinski definition) is 5. The van der Waals surface area contributed by atoms with Gasteiger partial charge in [0.1, 0.15) is 54.4 Å². The molecule has 2 saturated heterocycles. The molecule has 2 rings (SSSR count). The lowest BCUT2D eigenvalue weighted by atomic mass is 9.97. The van der Waals surface area contributed by atoms with Gasteiger partial charge in [0.15, 0.2) is 0 Å². The van der Waals surface area contributed by atoms with Crippen molar-refractivity contribution in [3.05, 3.63) is 110 Å². The van der Waals surface area contributed by atoms with Crippen LogP contribution in [-0.2, 0) is 57.5 Å². The molecule has 2 heterocycles. The van der Waals surface area contributed by atoms with Gasteiger partial charge in [0, 0.05) is 80.3 Å². The highest BCUT2D eigenvalue weighted by Gasteiger charge is 2.44. The zero-order valence-corrected chi connectivity index (χ0v) is 64.1. The minimum atomic E-state index is -1.69. The molecule has 0 spiro atoms. The first-order chi connectivity index (χ1) is 47.1. The van der Waals surface area contributed by atoms with E-state index in [1.165, 1.54) is 94.0 Å². The molecule has 0 aliphatic carbocycles. The molecular formula is C75H119ClN12O13. The SMILES string of the molecule is C=C/C=C\C=C\C[C@@H]1NC(=O)C(C(C)C)N(C)C(=O)CN(C)C(=O)[C@H](C(C)O)NC(=O)[C@H](CC(C)C)N(C)C(=O)[C@H](COC(C)(C)C)NC(=O)[C@H](CC(=C)/C=C\C=C)NC(=O)[C@@H](C)N(C)C(=O)CC(N2CCCCC2)N(C)C(=O)[C@H](CC(C)C)N(C)C(=O)[C@H](CC(=C)/C=C(/Cl)C=C)N(C)C1=O. The lowest BCUT2D eigenvalue weighted by molar-refractivity contribution is -0.154. The number of amides is 11. The number of nitrogens with one attached hydrogen (secondary N) is 4. The molecule has 5 N–H and O–H groups in total. The number of hydrogen-bond acceptors (Lipinski definition) is 14. The zero-order chi connectivity index (χ0) is 77.1. The summed E-state index contributed by atoms with van der Waals surface area (Å²) in [4.78, 5) is 175. The number of aliphatic hydroxyl groups excluding tert-OH is 1. The summed E-state index contributed by atoms with van der Waals surface area (Å²) in [6.45, 7) is 38.0. The van der Waals surface area contributed by atoms with Crippen LogP contribution >= 0.6 is 11.6 Å². The first-order valence-electron chi connectivity index (χ1n) is 34.8. The third-order valence-electron chi connectivity index (χ3n) is 17.9. The van der Waals surface area contributed by atoms with Crippen LogP contribution in [0.5, 0.6) is 0 Å². The van der Waals surface area contributed by atoms with Crippen LogP contribution in [0, 0.1) is 17.8 Å². The molecule has 26 heteroatoms. The number of carbonyl (C=O) groups is 11. The fourth-order valence-corrected chi connectivity index (χ4v) is 11.9. The maximum atomic E-state index is 15.6. The van der Waals surface area contributed by atoms with Gasteiger partial charge >= 0.3 is 0 Å². The number of ether oxygens (including phenoxy) is 1. The van der Waals surface area contributed by atoms with E-state index < -0.39 is 156 Å². The second kappa shape index (κ2) is 42.4. The molecule has 2 aliphatic rings. The number of likely N-dealkylation sites (tertiary alicyclic amines) is 1. The van der Waals surface area contributed by atoms with Gasteiger partial charge < -0.3 is 65.4 Å². The van der Waals surface area contributed by atoms with Crippen LogP contribution < -0.4 is 21.3 Å². The molecular weight excluding hydrogens is 1310 g/mol. The third kappa shape index (κ3) is 28.0. The van der Waals surface area contributed by atoms with Crippen molar-refractivity contribution in [1.29, 1.82) is 0 Å². The molecule has 2 aliphatic heterocycles. The van der Waals surface area contributed by atoms with E-state index >= 15 is 19.2 Å². The van der Waals surface area contributed by atoms with E-state index in [-0.39, 0.29) is 55.4 Å². The standard InChI is InChI=1S/C75H119ClN12O13/c1-24-27-29-30-32-36-55-70(96)84(20)60(43-51(11)41-54(76)26-3)72(98)85(21)59(40-48(6)7)73(99)86(22)61(88-37-33-31-34-38-88)44-62(90)82(18)52(12)66(92)78-56(42-50(10)35-28-25-2)67(93)79-57(46-101-75(14,15)16)71(97)83(19)58(39-47(4)5)68(94)80-64(53(13)89)74(100)81(17)45-63(91)87(23)65(49(8)9)69(95)77-55/h24-30,32,35,41,47-49,52-53,55-61,64-65,89H,1-3,10-11,31,33-34,36-40,42-46H2,4-9,12-23H3,(H,77,95)(H,78,92)(H,79,93)(H,80,94)/b29-27-,32-30+,35-28-,54-41+/t52-,53?,55+,56+,57+,58+,59+,60+,61?,64+,65?/m1/s1. The second-order valence-electron chi connectivity index (χ2n) is 28.6. The summed E-state index contributed by atoms with van der Waals surface area (Å²) < 4.78 is 6.12. The van der Waals surface area contributed by atoms with Gasteiger partial charge in [0.05, 0.1) is 37.4 Å². The Morgan fingerprint density at radius 2 is 1.12 bits per heavy atom. The monoisotopic (exact) mass is 1430 g/mol. The molecule has 0 radical (unpaired) electrons. The van der Waals surface area contributed by atoms with Crippen LogP contribution in [0.1, 0.15) is 134 Å². The lowest BCUT2D eigenvalue weighted by Gasteiger charge is -2.43. The van der Waals surface area contributed by atoms with Gasteiger partial charge in [-0.1, -0.05) is 158 Å². The average molecular weight is 1430 g/mol. The van der Waals surface area contributed by atoms with Crippen molar-refractivity contribution in [3.8, 4) is 0 Å². The van der Waals surface area contributed by atoms with Gasteiger partial charge in [-0.2, -0.15) is 0 Å². The average Bonchev–Trinajstić information content (AvgIpc) is 0.772. The van der Waals surface area contributed by atoms with Crippen molar-refractivity contribution in [2.24, 2.45) is 17.8 Å². The molecule has 11 amide bonds. The van der Waals surface area contributed by atoms with Crippen molar-refractivity contribution >= 4 is 76.6 Å². The zero-order valence-electron chi connectivity index (χ0n) is 63.4. The Kier molecular flexibility index (Phi) is 37.4. The first kappa shape index (κ1) is 89.1. The summed E-state index contributed by atoms with van der Waals surface area (Å²) in [7, 11) is 9.81. The van der Waals surface area contributed by atoms with Crippen LogP contribution in [0.4, 0.5) is 0 Å². The summed E-state index contributed by atoms with van der Waals surface area (Å²) in [5, 5.41) is 22.4. The van der Waals surface area contributed by atoms with E-state index in [2.05, 4.69) is 54.2 Å². The molecule has 0 aromatic rings. The number of aliphatic hydroxyl groups is 1. The van der Waals surface area contributed by atoms with Crippen LogP contribution in [0.25, 0.3) is 0 Å². The molecule has 0 aromatic carbocycles. The number of allylic oxidation sites excluding steroid dienone is 10. The van der Waals surface area contributed by atoms with Crippen molar-refractivity contribution in [1.82, 2.24) is 60.5 Å². The molecule has 564 valence electrons. The van der Waals surface area contributed by atoms with Gasteiger partial charge in [0.2, 0.25) is 65.0 Å². The highest BCUT2D eigenvalue weighted by molar-refractivity contribution is 6.31. The normalized spacial score (nSPS) is 25.6. The van der Waals surface area contributed by atoms with Gasteiger partial charge in [-0.3, -0.25) is 57.6 Å². The Labute approximate surface area is 606 Å². The summed E-state index contributed by atoms with van der Waals surface area (Å²) in [5.74, 6) is -9.35. The lowest BCUT2D eigenvalue weighted by Crippen LogP contribution is -2.62. The van der Waals surface area contributed by atoms with E-state index in [1.807, 2.05) is 18.7 Å². The Bertz CT molecular complexity index is 3070. The largest absolute Gasteiger partial charge is 0.391 e. The van der Waals surface area contributed by atoms with Crippen LogP contribution in [0.3, 0.4) is 0 Å². The molecule has 11 atom stereocenters. The van der Waals surface area contributed by atoms with Crippen LogP contribution in [0.2, 0.25) is 0 Å². The maximum absolute atomic E-state index is 15.6. The summed E-state index contributed by atoms with van der Waals surface area (Å²) >= 11 is 6.45. The number of piperidine rings is 1. The van der Waals surface area contributed by atoms with Crippen molar-refractivity contribution in [3.63, 3.8) is 0 Å². The molecule has 2 fully saturated rings. The number of nitrogens with zero attached hydrogens (tertiary/aromatic N) is 8. The third-order valence-corrected chi connectivity index (χ3v) is 18.1. The smallest absolute Gasteiger partial charge is 0.248 e. The van der Waals surface area contributed by atoms with Gasteiger partial charge in [-0.05, 0) is 90.6 Å². The van der Waals surface area contributed by atoms with Crippen LogP contribution in [0.15, 0.2) is 110 Å². The fraction of sp³-hybridized carbons (Fsp3) is 0.613. The molecule has 101 heavy (non-hydrogen) atoms. The highest BCUT2D eigenvalue weighted by atomic mass is 35.5. The quantitative estimate of drug-likeness (QED) is 0.0851.